The zero-order valence-corrected chi connectivity index (χ0v) is 16.5. The van der Waals surface area contributed by atoms with Gasteiger partial charge in [-0.25, -0.2) is 0 Å². The Balaban J connectivity index is 0.00000312. The molecule has 9 heteroatoms. The number of aromatic nitrogens is 1. The molecule has 2 amide bonds. The van der Waals surface area contributed by atoms with E-state index in [4.69, 9.17) is 10.3 Å². The maximum Gasteiger partial charge on any atom is 0.238 e. The van der Waals surface area contributed by atoms with Gasteiger partial charge in [0.2, 0.25) is 11.8 Å². The Labute approximate surface area is 158 Å². The molecule has 0 saturated carbocycles. The lowest BCUT2D eigenvalue weighted by Crippen LogP contribution is -2.43. The molecule has 0 aliphatic carbocycles. The van der Waals surface area contributed by atoms with Crippen LogP contribution in [0.3, 0.4) is 0 Å². The molecule has 0 spiro atoms. The van der Waals surface area contributed by atoms with E-state index in [-0.39, 0.29) is 35.5 Å². The molecule has 0 radical (unpaired) electrons. The van der Waals surface area contributed by atoms with E-state index in [0.29, 0.717) is 23.2 Å². The van der Waals surface area contributed by atoms with Gasteiger partial charge in [0.1, 0.15) is 5.76 Å². The van der Waals surface area contributed by atoms with Crippen LogP contribution in [0, 0.1) is 12.8 Å². The number of hydrogen-bond donors (Lipinski definition) is 2. The summed E-state index contributed by atoms with van der Waals surface area (Å²) in [5.41, 5.74) is 5.92. The monoisotopic (exact) mass is 390 g/mol. The Kier molecular flexibility index (Phi) is 8.75. The van der Waals surface area contributed by atoms with Crippen LogP contribution in [0.15, 0.2) is 10.6 Å². The van der Waals surface area contributed by atoms with Gasteiger partial charge < -0.3 is 20.5 Å². The Morgan fingerprint density at radius 1 is 1.44 bits per heavy atom. The van der Waals surface area contributed by atoms with Crippen LogP contribution in [-0.4, -0.2) is 52.0 Å². The van der Waals surface area contributed by atoms with Crippen molar-refractivity contribution >= 4 is 41.8 Å². The van der Waals surface area contributed by atoms with Crippen molar-refractivity contribution < 1.29 is 14.1 Å². The molecule has 1 saturated heterocycles. The second-order valence-electron chi connectivity index (χ2n) is 6.34. The second kappa shape index (κ2) is 10.0. The third kappa shape index (κ3) is 6.52. The highest BCUT2D eigenvalue weighted by Gasteiger charge is 2.25. The minimum Gasteiger partial charge on any atom is -0.360 e. The summed E-state index contributed by atoms with van der Waals surface area (Å²) in [6, 6.07) is 1.84. The second-order valence-corrected chi connectivity index (χ2v) is 7.67. The minimum absolute atomic E-state index is 0. The first kappa shape index (κ1) is 21.8. The quantitative estimate of drug-likeness (QED) is 0.770. The fourth-order valence-electron chi connectivity index (χ4n) is 2.69. The topological polar surface area (TPSA) is 101 Å². The van der Waals surface area contributed by atoms with Crippen molar-refractivity contribution in [2.24, 2.45) is 11.7 Å². The number of hydrogen-bond acceptors (Lipinski definition) is 6. The summed E-state index contributed by atoms with van der Waals surface area (Å²) in [7, 11) is 0. The van der Waals surface area contributed by atoms with Gasteiger partial charge >= 0.3 is 0 Å². The van der Waals surface area contributed by atoms with Crippen molar-refractivity contribution in [1.82, 2.24) is 10.1 Å². The van der Waals surface area contributed by atoms with Crippen molar-refractivity contribution in [2.75, 3.05) is 24.2 Å². The maximum atomic E-state index is 12.3. The predicted molar refractivity (Wildman–Crippen MR) is 102 cm³/mol. The number of anilines is 1. The third-order valence-corrected chi connectivity index (χ3v) is 5.47. The van der Waals surface area contributed by atoms with Gasteiger partial charge in [-0.15, -0.1) is 24.2 Å². The molecule has 7 nitrogen and oxygen atoms in total. The van der Waals surface area contributed by atoms with Crippen LogP contribution in [0.5, 0.6) is 0 Å². The van der Waals surface area contributed by atoms with E-state index >= 15 is 0 Å². The number of nitrogens with one attached hydrogen (secondary N) is 1. The van der Waals surface area contributed by atoms with Gasteiger partial charge in [0.25, 0.3) is 0 Å². The molecular formula is C16H27ClN4O3S. The van der Waals surface area contributed by atoms with Crippen LogP contribution in [0.25, 0.3) is 0 Å². The standard InChI is InChI=1S/C16H26N4O3S.ClH/c1-10-8-14(19-23-10)18-16(22)12(3)24-9-15(21)20-6-4-13(5-7-20)11(2)17;/h8,11-13H,4-7,9,17H2,1-3H3,(H,18,19,22);1H. The molecule has 2 heterocycles. The number of halogens is 1. The van der Waals surface area contributed by atoms with Crippen molar-refractivity contribution in [3.05, 3.63) is 11.8 Å². The average molecular weight is 391 g/mol. The number of piperidine rings is 1. The van der Waals surface area contributed by atoms with E-state index < -0.39 is 0 Å². The van der Waals surface area contributed by atoms with Gasteiger partial charge in [-0.05, 0) is 39.5 Å². The first-order valence-electron chi connectivity index (χ1n) is 8.26. The van der Waals surface area contributed by atoms with E-state index in [1.807, 2.05) is 11.8 Å². The molecule has 1 aromatic rings. The first-order chi connectivity index (χ1) is 11.4. The maximum absolute atomic E-state index is 12.3. The third-order valence-electron chi connectivity index (χ3n) is 4.34. The highest BCUT2D eigenvalue weighted by Crippen LogP contribution is 2.21. The Morgan fingerprint density at radius 2 is 2.08 bits per heavy atom. The van der Waals surface area contributed by atoms with Crippen LogP contribution < -0.4 is 11.1 Å². The summed E-state index contributed by atoms with van der Waals surface area (Å²) in [5, 5.41) is 6.07. The lowest BCUT2D eigenvalue weighted by atomic mass is 9.91. The Bertz CT molecular complexity index is 573. The largest absolute Gasteiger partial charge is 0.360 e. The zero-order valence-electron chi connectivity index (χ0n) is 14.9. The zero-order chi connectivity index (χ0) is 17.7. The molecule has 2 atom stereocenters. The highest BCUT2D eigenvalue weighted by molar-refractivity contribution is 8.01. The molecule has 0 bridgehead atoms. The normalized spacial score (nSPS) is 17.5. The summed E-state index contributed by atoms with van der Waals surface area (Å²) in [6.07, 6.45) is 1.91. The number of thioether (sulfide) groups is 1. The van der Waals surface area contributed by atoms with E-state index in [1.54, 1.807) is 19.9 Å². The van der Waals surface area contributed by atoms with Gasteiger partial charge in [0.15, 0.2) is 5.82 Å². The van der Waals surface area contributed by atoms with E-state index in [1.165, 1.54) is 11.8 Å². The molecule has 1 aliphatic heterocycles. The fraction of sp³-hybridized carbons (Fsp3) is 0.688. The summed E-state index contributed by atoms with van der Waals surface area (Å²) < 4.78 is 4.91. The molecule has 2 rings (SSSR count). The summed E-state index contributed by atoms with van der Waals surface area (Å²) in [5.74, 6) is 1.73. The molecule has 0 aromatic carbocycles. The molecular weight excluding hydrogens is 364 g/mol. The predicted octanol–water partition coefficient (Wildman–Crippen LogP) is 2.05. The molecule has 25 heavy (non-hydrogen) atoms. The number of amides is 2. The summed E-state index contributed by atoms with van der Waals surface area (Å²) in [4.78, 5) is 26.2. The van der Waals surface area contributed by atoms with E-state index in [2.05, 4.69) is 10.5 Å². The molecule has 2 unspecified atom stereocenters. The molecule has 1 aliphatic rings. The minimum atomic E-state index is -0.340. The van der Waals surface area contributed by atoms with Crippen LogP contribution in [0.2, 0.25) is 0 Å². The lowest BCUT2D eigenvalue weighted by molar-refractivity contribution is -0.129. The smallest absolute Gasteiger partial charge is 0.238 e. The Morgan fingerprint density at radius 3 is 2.60 bits per heavy atom. The Hall–Kier alpha value is -1.25. The van der Waals surface area contributed by atoms with Crippen molar-refractivity contribution in [3.8, 4) is 0 Å². The van der Waals surface area contributed by atoms with Gasteiger partial charge in [0.05, 0.1) is 11.0 Å². The number of carbonyl (C=O) groups excluding carboxylic acids is 2. The SMILES string of the molecule is Cc1cc(NC(=O)C(C)SCC(=O)N2CCC(C(C)N)CC2)no1.Cl. The molecule has 142 valence electrons. The molecule has 1 aromatic heterocycles. The first-order valence-corrected chi connectivity index (χ1v) is 9.31. The van der Waals surface area contributed by atoms with Crippen molar-refractivity contribution in [2.45, 2.75) is 44.9 Å². The van der Waals surface area contributed by atoms with E-state index in [0.717, 1.165) is 25.9 Å². The molecule has 1 fully saturated rings. The van der Waals surface area contributed by atoms with Crippen molar-refractivity contribution in [3.63, 3.8) is 0 Å². The van der Waals surface area contributed by atoms with Crippen molar-refractivity contribution in [1.29, 1.82) is 0 Å². The van der Waals surface area contributed by atoms with Gasteiger partial charge in [-0.3, -0.25) is 9.59 Å². The average Bonchev–Trinajstić information content (AvgIpc) is 2.97. The number of aryl methyl sites for hydroxylation is 1. The van der Waals surface area contributed by atoms with Gasteiger partial charge in [-0.1, -0.05) is 5.16 Å². The number of likely N-dealkylation sites (tertiary alicyclic amines) is 1. The van der Waals surface area contributed by atoms with Gasteiger partial charge in [0, 0.05) is 25.2 Å². The lowest BCUT2D eigenvalue weighted by Gasteiger charge is -2.33. The summed E-state index contributed by atoms with van der Waals surface area (Å²) >= 11 is 1.33. The summed E-state index contributed by atoms with van der Waals surface area (Å²) in [6.45, 7) is 7.07. The van der Waals surface area contributed by atoms with E-state index in [9.17, 15) is 9.59 Å². The highest BCUT2D eigenvalue weighted by atomic mass is 35.5. The van der Waals surface area contributed by atoms with Gasteiger partial charge in [-0.2, -0.15) is 0 Å². The molecule has 3 N–H and O–H groups in total. The number of rotatable bonds is 6. The van der Waals surface area contributed by atoms with Crippen LogP contribution in [0.1, 0.15) is 32.4 Å². The number of nitrogens with two attached hydrogens (primary N) is 1. The van der Waals surface area contributed by atoms with Crippen LogP contribution in [-0.2, 0) is 9.59 Å². The fourth-order valence-corrected chi connectivity index (χ4v) is 3.48. The van der Waals surface area contributed by atoms with Crippen LogP contribution >= 0.6 is 24.2 Å². The number of nitrogens with zero attached hydrogens (tertiary/aromatic N) is 2. The number of carbonyl (C=O) groups is 2. The van der Waals surface area contributed by atoms with Crippen LogP contribution in [0.4, 0.5) is 5.82 Å².